The van der Waals surface area contributed by atoms with Gasteiger partial charge in [0.15, 0.2) is 0 Å². The molecule has 1 aromatic heterocycles. The van der Waals surface area contributed by atoms with E-state index in [4.69, 9.17) is 22.1 Å². The number of pyridine rings is 1. The summed E-state index contributed by atoms with van der Waals surface area (Å²) in [6.07, 6.45) is 1.68. The van der Waals surface area contributed by atoms with Gasteiger partial charge in [0.25, 0.3) is 0 Å². The smallest absolute Gasteiger partial charge is 0.145 e. The predicted octanol–water partition coefficient (Wildman–Crippen LogP) is 3.73. The first kappa shape index (κ1) is 11.7. The number of halogens is 1. The Bertz CT molecular complexity index is 538. The van der Waals surface area contributed by atoms with Crippen LogP contribution in [0.1, 0.15) is 11.3 Å². The van der Waals surface area contributed by atoms with Crippen LogP contribution in [0.25, 0.3) is 0 Å². The Morgan fingerprint density at radius 2 is 2.00 bits per heavy atom. The number of nitrogens with zero attached hydrogens (tertiary/aromatic N) is 1. The summed E-state index contributed by atoms with van der Waals surface area (Å²) in [6.45, 7) is 3.85. The zero-order chi connectivity index (χ0) is 12.4. The molecule has 0 saturated heterocycles. The SMILES string of the molecule is Cc1ccc(Oc2cc(Cl)c(N)cc2C)cn1. The van der Waals surface area contributed by atoms with Crippen molar-refractivity contribution in [2.45, 2.75) is 13.8 Å². The molecule has 0 spiro atoms. The first-order valence-corrected chi connectivity index (χ1v) is 5.60. The third-order valence-electron chi connectivity index (χ3n) is 2.41. The Kier molecular flexibility index (Phi) is 3.20. The van der Waals surface area contributed by atoms with Crippen LogP contribution in [-0.4, -0.2) is 4.98 Å². The van der Waals surface area contributed by atoms with Crippen LogP contribution >= 0.6 is 11.6 Å². The van der Waals surface area contributed by atoms with E-state index in [2.05, 4.69) is 4.98 Å². The highest BCUT2D eigenvalue weighted by molar-refractivity contribution is 6.33. The number of anilines is 1. The monoisotopic (exact) mass is 248 g/mol. The van der Waals surface area contributed by atoms with Crippen molar-refractivity contribution in [3.63, 3.8) is 0 Å². The number of aromatic nitrogens is 1. The average Bonchev–Trinajstić information content (AvgIpc) is 2.29. The van der Waals surface area contributed by atoms with Crippen LogP contribution in [0.2, 0.25) is 5.02 Å². The highest BCUT2D eigenvalue weighted by Crippen LogP contribution is 2.31. The summed E-state index contributed by atoms with van der Waals surface area (Å²) in [7, 11) is 0. The van der Waals surface area contributed by atoms with Gasteiger partial charge in [-0.1, -0.05) is 11.6 Å². The largest absolute Gasteiger partial charge is 0.455 e. The van der Waals surface area contributed by atoms with Crippen LogP contribution in [0.15, 0.2) is 30.5 Å². The maximum absolute atomic E-state index is 5.96. The van der Waals surface area contributed by atoms with Crippen LogP contribution < -0.4 is 10.5 Å². The molecule has 2 aromatic rings. The minimum absolute atomic E-state index is 0.491. The fourth-order valence-electron chi connectivity index (χ4n) is 1.44. The molecule has 0 atom stereocenters. The van der Waals surface area contributed by atoms with Gasteiger partial charge in [-0.2, -0.15) is 0 Å². The van der Waals surface area contributed by atoms with Crippen molar-refractivity contribution in [3.05, 3.63) is 46.7 Å². The second kappa shape index (κ2) is 4.63. The molecule has 2 N–H and O–H groups in total. The van der Waals surface area contributed by atoms with Crippen molar-refractivity contribution >= 4 is 17.3 Å². The molecule has 0 aliphatic carbocycles. The van der Waals surface area contributed by atoms with Crippen LogP contribution in [0.5, 0.6) is 11.5 Å². The summed E-state index contributed by atoms with van der Waals surface area (Å²) in [5.41, 5.74) is 8.14. The second-order valence-electron chi connectivity index (χ2n) is 3.88. The minimum Gasteiger partial charge on any atom is -0.455 e. The topological polar surface area (TPSA) is 48.1 Å². The van der Waals surface area contributed by atoms with Gasteiger partial charge in [0.1, 0.15) is 11.5 Å². The predicted molar refractivity (Wildman–Crippen MR) is 69.6 cm³/mol. The Morgan fingerprint density at radius 1 is 1.24 bits per heavy atom. The molecule has 17 heavy (non-hydrogen) atoms. The van der Waals surface area contributed by atoms with Gasteiger partial charge in [0.05, 0.1) is 16.9 Å². The Hall–Kier alpha value is -1.74. The molecule has 0 fully saturated rings. The fraction of sp³-hybridized carbons (Fsp3) is 0.154. The Labute approximate surface area is 105 Å². The zero-order valence-electron chi connectivity index (χ0n) is 9.70. The normalized spacial score (nSPS) is 10.3. The van der Waals surface area contributed by atoms with Crippen LogP contribution in [0.4, 0.5) is 5.69 Å². The van der Waals surface area contributed by atoms with Crippen molar-refractivity contribution in [1.82, 2.24) is 4.98 Å². The lowest BCUT2D eigenvalue weighted by molar-refractivity contribution is 0.476. The first-order chi connectivity index (χ1) is 8.06. The molecule has 88 valence electrons. The number of ether oxygens (including phenoxy) is 1. The summed E-state index contributed by atoms with van der Waals surface area (Å²) in [6, 6.07) is 7.26. The second-order valence-corrected chi connectivity index (χ2v) is 4.28. The molecule has 0 unspecified atom stereocenters. The van der Waals surface area contributed by atoms with E-state index in [1.54, 1.807) is 18.3 Å². The molecule has 3 nitrogen and oxygen atoms in total. The third-order valence-corrected chi connectivity index (χ3v) is 2.73. The van der Waals surface area contributed by atoms with Crippen LogP contribution in [0, 0.1) is 13.8 Å². The third kappa shape index (κ3) is 2.68. The number of benzene rings is 1. The molecule has 2 rings (SSSR count). The lowest BCUT2D eigenvalue weighted by atomic mass is 10.2. The molecule has 1 aromatic carbocycles. The summed E-state index contributed by atoms with van der Waals surface area (Å²) in [4.78, 5) is 4.16. The molecular formula is C13H13ClN2O. The number of hydrogen-bond acceptors (Lipinski definition) is 3. The van der Waals surface area contributed by atoms with E-state index < -0.39 is 0 Å². The molecule has 1 heterocycles. The maximum Gasteiger partial charge on any atom is 0.145 e. The van der Waals surface area contributed by atoms with Crippen molar-refractivity contribution < 1.29 is 4.74 Å². The fourth-order valence-corrected chi connectivity index (χ4v) is 1.59. The van der Waals surface area contributed by atoms with E-state index >= 15 is 0 Å². The molecule has 0 saturated carbocycles. The molecule has 0 aliphatic rings. The van der Waals surface area contributed by atoms with E-state index in [1.807, 2.05) is 26.0 Å². The maximum atomic E-state index is 5.96. The molecular weight excluding hydrogens is 236 g/mol. The van der Waals surface area contributed by atoms with E-state index in [-0.39, 0.29) is 0 Å². The van der Waals surface area contributed by atoms with Crippen molar-refractivity contribution in [1.29, 1.82) is 0 Å². The van der Waals surface area contributed by atoms with Crippen LogP contribution in [0.3, 0.4) is 0 Å². The summed E-state index contributed by atoms with van der Waals surface area (Å²) >= 11 is 5.96. The zero-order valence-corrected chi connectivity index (χ0v) is 10.5. The average molecular weight is 249 g/mol. The lowest BCUT2D eigenvalue weighted by Crippen LogP contribution is -1.92. The quantitative estimate of drug-likeness (QED) is 0.824. The van der Waals surface area contributed by atoms with E-state index in [0.717, 1.165) is 11.3 Å². The molecule has 4 heteroatoms. The van der Waals surface area contributed by atoms with Gasteiger partial charge in [0, 0.05) is 11.8 Å². The molecule has 0 aliphatic heterocycles. The van der Waals surface area contributed by atoms with Crippen molar-refractivity contribution in [3.8, 4) is 11.5 Å². The van der Waals surface area contributed by atoms with E-state index in [0.29, 0.717) is 22.2 Å². The Balaban J connectivity index is 2.30. The molecule has 0 radical (unpaired) electrons. The summed E-state index contributed by atoms with van der Waals surface area (Å²) < 4.78 is 5.70. The Morgan fingerprint density at radius 3 is 2.65 bits per heavy atom. The van der Waals surface area contributed by atoms with Crippen molar-refractivity contribution in [2.24, 2.45) is 0 Å². The number of rotatable bonds is 2. The number of aryl methyl sites for hydroxylation is 2. The molecule has 0 bridgehead atoms. The van der Waals surface area contributed by atoms with Gasteiger partial charge >= 0.3 is 0 Å². The van der Waals surface area contributed by atoms with Gasteiger partial charge in [-0.3, -0.25) is 4.98 Å². The number of nitrogens with two attached hydrogens (primary N) is 1. The van der Waals surface area contributed by atoms with Crippen molar-refractivity contribution in [2.75, 3.05) is 5.73 Å². The van der Waals surface area contributed by atoms with Gasteiger partial charge in [-0.25, -0.2) is 0 Å². The van der Waals surface area contributed by atoms with Gasteiger partial charge in [-0.15, -0.1) is 0 Å². The van der Waals surface area contributed by atoms with E-state index in [1.165, 1.54) is 0 Å². The van der Waals surface area contributed by atoms with Gasteiger partial charge < -0.3 is 10.5 Å². The minimum atomic E-state index is 0.491. The van der Waals surface area contributed by atoms with Gasteiger partial charge in [0.2, 0.25) is 0 Å². The highest BCUT2D eigenvalue weighted by Gasteiger charge is 2.06. The van der Waals surface area contributed by atoms with Crippen LogP contribution in [-0.2, 0) is 0 Å². The first-order valence-electron chi connectivity index (χ1n) is 5.22. The van der Waals surface area contributed by atoms with Gasteiger partial charge in [-0.05, 0) is 37.6 Å². The standard InChI is InChI=1S/C13H13ClN2O/c1-8-5-12(15)11(14)6-13(8)17-10-4-3-9(2)16-7-10/h3-7H,15H2,1-2H3. The van der Waals surface area contributed by atoms with E-state index in [9.17, 15) is 0 Å². The summed E-state index contributed by atoms with van der Waals surface area (Å²) in [5, 5.41) is 0.491. The highest BCUT2D eigenvalue weighted by atomic mass is 35.5. The lowest BCUT2D eigenvalue weighted by Gasteiger charge is -2.10. The number of hydrogen-bond donors (Lipinski definition) is 1. The molecule has 0 amide bonds. The summed E-state index contributed by atoms with van der Waals surface area (Å²) in [5.74, 6) is 1.37. The number of nitrogen functional groups attached to an aromatic ring is 1.